The van der Waals surface area contributed by atoms with Gasteiger partial charge in [-0.1, -0.05) is 0 Å². The van der Waals surface area contributed by atoms with Crippen molar-refractivity contribution in [1.82, 2.24) is 10.9 Å². The first-order chi connectivity index (χ1) is 12.6. The molecule has 0 saturated heterocycles. The Morgan fingerprint density at radius 2 is 1.15 bits per heavy atom. The summed E-state index contributed by atoms with van der Waals surface area (Å²) in [6.07, 6.45) is 0. The summed E-state index contributed by atoms with van der Waals surface area (Å²) in [4.78, 5) is 46.8. The molecule has 2 unspecified atom stereocenters. The van der Waals surface area contributed by atoms with Gasteiger partial charge in [-0.15, -0.1) is 11.8 Å². The van der Waals surface area contributed by atoms with Gasteiger partial charge in [-0.3, -0.25) is 9.59 Å². The molecule has 2 atom stereocenters. The van der Waals surface area contributed by atoms with E-state index in [4.69, 9.17) is 9.47 Å². The third-order valence-electron chi connectivity index (χ3n) is 2.96. The Morgan fingerprint density at radius 3 is 1.44 bits per heavy atom. The van der Waals surface area contributed by atoms with E-state index in [1.807, 2.05) is 0 Å². The number of amides is 2. The Morgan fingerprint density at radius 1 is 0.815 bits per heavy atom. The van der Waals surface area contributed by atoms with E-state index in [9.17, 15) is 19.2 Å². The fourth-order valence-corrected chi connectivity index (χ4v) is 2.42. The maximum absolute atomic E-state index is 12.0. The van der Waals surface area contributed by atoms with E-state index in [0.29, 0.717) is 0 Å². The molecule has 10 nitrogen and oxygen atoms in total. The highest BCUT2D eigenvalue weighted by Gasteiger charge is 2.22. The molecule has 0 aromatic heterocycles. The Bertz CT molecular complexity index is 568. The van der Waals surface area contributed by atoms with Crippen LogP contribution in [0.3, 0.4) is 0 Å². The third-order valence-corrected chi connectivity index (χ3v) is 4.20. The molecule has 27 heavy (non-hydrogen) atoms. The summed E-state index contributed by atoms with van der Waals surface area (Å²) >= 11 is 1.06. The molecule has 0 aromatic carbocycles. The number of nitrogens with zero attached hydrogens (tertiary/aromatic N) is 2. The lowest BCUT2D eigenvalue weighted by atomic mass is 10.4. The van der Waals surface area contributed by atoms with Gasteiger partial charge in [-0.2, -0.15) is 10.2 Å². The van der Waals surface area contributed by atoms with Crippen LogP contribution < -0.4 is 10.9 Å². The number of esters is 2. The largest absolute Gasteiger partial charge is 0.461 e. The fourth-order valence-electron chi connectivity index (χ4n) is 1.45. The molecule has 0 rings (SSSR count). The summed E-state index contributed by atoms with van der Waals surface area (Å²) in [6.45, 7) is 9.73. The van der Waals surface area contributed by atoms with E-state index in [0.717, 1.165) is 11.8 Å². The topological polar surface area (TPSA) is 136 Å². The van der Waals surface area contributed by atoms with E-state index in [-0.39, 0.29) is 24.6 Å². The molecule has 0 aromatic rings. The number of hydrazone groups is 2. The van der Waals surface area contributed by atoms with E-state index in [1.54, 1.807) is 27.7 Å². The van der Waals surface area contributed by atoms with E-state index < -0.39 is 34.3 Å². The number of hydrogen-bond donors (Lipinski definition) is 2. The highest BCUT2D eigenvalue weighted by Crippen LogP contribution is 2.17. The SMILES string of the molecule is CCOC(=O)/C(C)=N\NC(=O)C(C)SC(C)C(=O)N/N=C(\C)C(=O)OCC. The zero-order chi connectivity index (χ0) is 21.0. The minimum atomic E-state index is -0.625. The number of rotatable bonds is 10. The van der Waals surface area contributed by atoms with Crippen LogP contribution in [0.15, 0.2) is 10.2 Å². The smallest absolute Gasteiger partial charge is 0.354 e. The van der Waals surface area contributed by atoms with E-state index >= 15 is 0 Å². The summed E-state index contributed by atoms with van der Waals surface area (Å²) in [7, 11) is 0. The van der Waals surface area contributed by atoms with Crippen LogP contribution in [0, 0.1) is 0 Å². The monoisotopic (exact) mass is 402 g/mol. The van der Waals surface area contributed by atoms with Gasteiger partial charge in [-0.25, -0.2) is 20.4 Å². The third kappa shape index (κ3) is 9.73. The molecule has 0 fully saturated rings. The molecular formula is C16H26N4O6S. The van der Waals surface area contributed by atoms with Gasteiger partial charge in [0.25, 0.3) is 11.8 Å². The summed E-state index contributed by atoms with van der Waals surface area (Å²) in [5.41, 5.74) is 4.53. The number of carbonyl (C=O) groups excluding carboxylic acids is 4. The Hall–Kier alpha value is -2.43. The van der Waals surface area contributed by atoms with Crippen molar-refractivity contribution in [2.75, 3.05) is 13.2 Å². The molecule has 0 spiro atoms. The van der Waals surface area contributed by atoms with Crippen LogP contribution in [0.4, 0.5) is 0 Å². The Balaban J connectivity index is 4.56. The summed E-state index contributed by atoms with van der Waals surface area (Å²) < 4.78 is 9.49. The number of hydrogen-bond acceptors (Lipinski definition) is 9. The number of nitrogens with one attached hydrogen (secondary N) is 2. The minimum Gasteiger partial charge on any atom is -0.461 e. The van der Waals surface area contributed by atoms with Crippen LogP contribution in [0.5, 0.6) is 0 Å². The van der Waals surface area contributed by atoms with Crippen LogP contribution in [0.1, 0.15) is 41.5 Å². The second-order valence-corrected chi connectivity index (χ2v) is 6.89. The zero-order valence-electron chi connectivity index (χ0n) is 16.3. The summed E-state index contributed by atoms with van der Waals surface area (Å²) in [6, 6.07) is 0. The lowest BCUT2D eigenvalue weighted by Gasteiger charge is -2.14. The molecule has 0 heterocycles. The van der Waals surface area contributed by atoms with Crippen molar-refractivity contribution in [1.29, 1.82) is 0 Å². The van der Waals surface area contributed by atoms with Gasteiger partial charge >= 0.3 is 11.9 Å². The number of ether oxygens (including phenoxy) is 2. The van der Waals surface area contributed by atoms with Crippen molar-refractivity contribution in [3.05, 3.63) is 0 Å². The fraction of sp³-hybridized carbons (Fsp3) is 0.625. The first-order valence-corrected chi connectivity index (χ1v) is 9.26. The summed E-state index contributed by atoms with van der Waals surface area (Å²) in [5.74, 6) is -2.20. The number of carbonyl (C=O) groups is 4. The maximum Gasteiger partial charge on any atom is 0.354 e. The Labute approximate surface area is 162 Å². The average molecular weight is 402 g/mol. The summed E-state index contributed by atoms with van der Waals surface area (Å²) in [5, 5.41) is 6.08. The van der Waals surface area contributed by atoms with Crippen molar-refractivity contribution in [3.8, 4) is 0 Å². The highest BCUT2D eigenvalue weighted by molar-refractivity contribution is 8.01. The molecule has 11 heteroatoms. The minimum absolute atomic E-state index is 0.0111. The molecule has 0 saturated carbocycles. The van der Waals surface area contributed by atoms with E-state index in [1.165, 1.54) is 13.8 Å². The molecule has 2 N–H and O–H groups in total. The molecule has 2 amide bonds. The highest BCUT2D eigenvalue weighted by atomic mass is 32.2. The second-order valence-electron chi connectivity index (χ2n) is 5.21. The van der Waals surface area contributed by atoms with Gasteiger partial charge in [0.2, 0.25) is 0 Å². The average Bonchev–Trinajstić information content (AvgIpc) is 2.63. The van der Waals surface area contributed by atoms with Crippen molar-refractivity contribution in [2.45, 2.75) is 52.0 Å². The molecule has 0 bridgehead atoms. The molecular weight excluding hydrogens is 376 g/mol. The van der Waals surface area contributed by atoms with Gasteiger partial charge in [0.05, 0.1) is 23.7 Å². The van der Waals surface area contributed by atoms with Gasteiger partial charge < -0.3 is 9.47 Å². The predicted octanol–water partition coefficient (Wildman–Crippen LogP) is 0.607. The molecule has 0 aliphatic heterocycles. The van der Waals surface area contributed by atoms with Crippen LogP contribution in [0.25, 0.3) is 0 Å². The van der Waals surface area contributed by atoms with Crippen LogP contribution in [-0.4, -0.2) is 58.9 Å². The first-order valence-electron chi connectivity index (χ1n) is 8.31. The quantitative estimate of drug-likeness (QED) is 0.310. The second kappa shape index (κ2) is 12.8. The molecule has 152 valence electrons. The lowest BCUT2D eigenvalue weighted by molar-refractivity contribution is -0.136. The Kier molecular flexibility index (Phi) is 11.7. The van der Waals surface area contributed by atoms with Crippen LogP contribution in [0.2, 0.25) is 0 Å². The molecule has 0 aliphatic rings. The zero-order valence-corrected chi connectivity index (χ0v) is 17.1. The standard InChI is InChI=1S/C16H26N4O6S/c1-7-25-15(23)9(3)17-19-13(21)11(5)27-12(6)14(22)20-18-10(4)16(24)26-8-2/h11-12H,7-8H2,1-6H3,(H,19,21)(H,20,22)/b17-9-,18-10+. The van der Waals surface area contributed by atoms with Crippen molar-refractivity contribution >= 4 is 46.9 Å². The van der Waals surface area contributed by atoms with Crippen molar-refractivity contribution in [3.63, 3.8) is 0 Å². The van der Waals surface area contributed by atoms with E-state index in [2.05, 4.69) is 21.1 Å². The van der Waals surface area contributed by atoms with Gasteiger partial charge in [0.15, 0.2) is 0 Å². The first kappa shape index (κ1) is 24.6. The van der Waals surface area contributed by atoms with Crippen molar-refractivity contribution in [2.24, 2.45) is 10.2 Å². The van der Waals surface area contributed by atoms with Crippen LogP contribution in [-0.2, 0) is 28.7 Å². The van der Waals surface area contributed by atoms with Gasteiger partial charge in [0, 0.05) is 0 Å². The van der Waals surface area contributed by atoms with Gasteiger partial charge in [0.1, 0.15) is 11.4 Å². The van der Waals surface area contributed by atoms with Gasteiger partial charge in [-0.05, 0) is 41.5 Å². The van der Waals surface area contributed by atoms with Crippen LogP contribution >= 0.6 is 11.8 Å². The maximum atomic E-state index is 12.0. The normalized spacial score (nSPS) is 14.0. The predicted molar refractivity (Wildman–Crippen MR) is 102 cm³/mol. The van der Waals surface area contributed by atoms with Crippen molar-refractivity contribution < 1.29 is 28.7 Å². The molecule has 0 radical (unpaired) electrons. The molecule has 0 aliphatic carbocycles. The lowest BCUT2D eigenvalue weighted by Crippen LogP contribution is -2.34. The number of thioether (sulfide) groups is 1.